The highest BCUT2D eigenvalue weighted by Gasteiger charge is 2.50. The molecule has 1 aliphatic rings. The second kappa shape index (κ2) is 13.7. The van der Waals surface area contributed by atoms with E-state index in [-0.39, 0.29) is 19.8 Å². The Morgan fingerprint density at radius 3 is 2.00 bits per heavy atom. The average Bonchev–Trinajstić information content (AvgIpc) is 2.91. The molecule has 11 heteroatoms. The van der Waals surface area contributed by atoms with Gasteiger partial charge >= 0.3 is 0 Å². The van der Waals surface area contributed by atoms with Crippen LogP contribution in [0, 0.1) is 0 Å². The molecule has 1 amide bonds. The van der Waals surface area contributed by atoms with Gasteiger partial charge in [-0.15, -0.1) is 0 Å². The van der Waals surface area contributed by atoms with Gasteiger partial charge in [-0.2, -0.15) is 0 Å². The summed E-state index contributed by atoms with van der Waals surface area (Å²) in [7, 11) is -5.20. The van der Waals surface area contributed by atoms with Crippen molar-refractivity contribution in [3.8, 4) is 5.75 Å². The van der Waals surface area contributed by atoms with E-state index in [2.05, 4.69) is 5.32 Å². The van der Waals surface area contributed by atoms with Gasteiger partial charge in [-0.3, -0.25) is 8.98 Å². The van der Waals surface area contributed by atoms with E-state index in [4.69, 9.17) is 23.1 Å². The van der Waals surface area contributed by atoms with Crippen LogP contribution in [0.15, 0.2) is 91.0 Å². The molecule has 3 aromatic carbocycles. The van der Waals surface area contributed by atoms with Gasteiger partial charge in [-0.05, 0) is 23.3 Å². The van der Waals surface area contributed by atoms with E-state index in [1.54, 1.807) is 24.3 Å². The minimum atomic E-state index is -5.20. The predicted octanol–water partition coefficient (Wildman–Crippen LogP) is 2.94. The Bertz CT molecular complexity index is 1280. The Labute approximate surface area is 227 Å². The maximum atomic E-state index is 12.2. The van der Waals surface area contributed by atoms with Crippen molar-refractivity contribution in [2.24, 2.45) is 0 Å². The van der Waals surface area contributed by atoms with Gasteiger partial charge in [-0.25, -0.2) is 8.42 Å². The zero-order valence-electron chi connectivity index (χ0n) is 21.3. The Morgan fingerprint density at radius 1 is 0.872 bits per heavy atom. The Balaban J connectivity index is 1.65. The second-order valence-electron chi connectivity index (χ2n) is 8.93. The summed E-state index contributed by atoms with van der Waals surface area (Å²) in [4.78, 5) is 12.2. The van der Waals surface area contributed by atoms with Crippen LogP contribution in [0.3, 0.4) is 0 Å². The zero-order chi connectivity index (χ0) is 27.7. The first-order valence-electron chi connectivity index (χ1n) is 12.3. The number of ether oxygens (including phenoxy) is 4. The molecule has 2 unspecified atom stereocenters. The molecule has 0 saturated carbocycles. The summed E-state index contributed by atoms with van der Waals surface area (Å²) < 4.78 is 64.6. The predicted molar refractivity (Wildman–Crippen MR) is 139 cm³/mol. The molecule has 208 valence electrons. The van der Waals surface area contributed by atoms with Crippen LogP contribution in [0.1, 0.15) is 18.1 Å². The van der Waals surface area contributed by atoms with E-state index < -0.39 is 46.9 Å². The van der Waals surface area contributed by atoms with E-state index in [9.17, 15) is 17.8 Å². The fourth-order valence-corrected chi connectivity index (χ4v) is 4.75. The normalized spacial score (nSPS) is 23.2. The number of carbonyl (C=O) groups excluding carboxylic acids is 1. The summed E-state index contributed by atoms with van der Waals surface area (Å²) in [6.45, 7) is 1.38. The van der Waals surface area contributed by atoms with Crippen LogP contribution in [-0.2, 0) is 46.8 Å². The van der Waals surface area contributed by atoms with Gasteiger partial charge in [0.05, 0.1) is 19.8 Å². The molecule has 1 N–H and O–H groups in total. The van der Waals surface area contributed by atoms with Crippen molar-refractivity contribution in [1.29, 1.82) is 0 Å². The lowest BCUT2D eigenvalue weighted by Crippen LogP contribution is -2.67. The molecule has 5 atom stereocenters. The lowest BCUT2D eigenvalue weighted by molar-refractivity contribution is -0.253. The van der Waals surface area contributed by atoms with Gasteiger partial charge in [0.1, 0.15) is 30.1 Å². The maximum Gasteiger partial charge on any atom is 0.223 e. The molecule has 39 heavy (non-hydrogen) atoms. The first kappa shape index (κ1) is 28.7. The molecule has 0 aromatic heterocycles. The van der Waals surface area contributed by atoms with Crippen molar-refractivity contribution in [2.45, 2.75) is 50.8 Å². The first-order chi connectivity index (χ1) is 18.8. The summed E-state index contributed by atoms with van der Waals surface area (Å²) in [6.07, 6.45) is -4.83. The fraction of sp³-hybridized carbons (Fsp3) is 0.321. The largest absolute Gasteiger partial charge is 0.726 e. The number of rotatable bonds is 12. The number of amides is 1. The standard InChI is InChI=1S/C28H31NO9S/c1-20(30)29-25-27(35-18-22-13-7-3-8-14-22)26(38-39(31,32)33)24(19-34-17-21-11-5-2-6-12-21)37-28(25)36-23-15-9-4-10-16-23/h2-16,24-28H,17-19H2,1H3,(H,29,30)(H,31,32,33)/p-1/t24?,25?,26-,27+,28+/m0/s1. The molecule has 3 aromatic rings. The molecular weight excluding hydrogens is 526 g/mol. The third kappa shape index (κ3) is 8.85. The van der Waals surface area contributed by atoms with Crippen molar-refractivity contribution < 1.29 is 40.9 Å². The van der Waals surface area contributed by atoms with Crippen LogP contribution in [0.2, 0.25) is 0 Å². The number of nitrogens with one attached hydrogen (secondary N) is 1. The number of carbonyl (C=O) groups is 1. The highest BCUT2D eigenvalue weighted by molar-refractivity contribution is 7.80. The smallest absolute Gasteiger partial charge is 0.223 e. The van der Waals surface area contributed by atoms with E-state index in [1.165, 1.54) is 6.92 Å². The first-order valence-corrected chi connectivity index (χ1v) is 13.7. The Kier molecular flexibility index (Phi) is 10.0. The van der Waals surface area contributed by atoms with Gasteiger partial charge in [0, 0.05) is 6.92 Å². The van der Waals surface area contributed by atoms with E-state index in [0.717, 1.165) is 11.1 Å². The highest BCUT2D eigenvalue weighted by Crippen LogP contribution is 2.30. The summed E-state index contributed by atoms with van der Waals surface area (Å²) in [5.74, 6) is 0.000473. The minimum absolute atomic E-state index is 0.0377. The Morgan fingerprint density at radius 2 is 1.44 bits per heavy atom. The van der Waals surface area contributed by atoms with Crippen molar-refractivity contribution in [3.05, 3.63) is 102 Å². The van der Waals surface area contributed by atoms with Crippen molar-refractivity contribution in [2.75, 3.05) is 6.61 Å². The third-order valence-electron chi connectivity index (χ3n) is 5.92. The zero-order valence-corrected chi connectivity index (χ0v) is 22.1. The van der Waals surface area contributed by atoms with Gasteiger partial charge in [0.25, 0.3) is 0 Å². The lowest BCUT2D eigenvalue weighted by Gasteiger charge is -2.45. The topological polar surface area (TPSA) is 132 Å². The number of benzene rings is 3. The average molecular weight is 557 g/mol. The third-order valence-corrected chi connectivity index (χ3v) is 6.38. The van der Waals surface area contributed by atoms with Gasteiger partial charge in [0.2, 0.25) is 22.6 Å². The van der Waals surface area contributed by atoms with Crippen LogP contribution in [0.25, 0.3) is 0 Å². The van der Waals surface area contributed by atoms with E-state index in [1.807, 2.05) is 66.7 Å². The molecule has 4 rings (SSSR count). The number of hydrogen-bond donors (Lipinski definition) is 1. The molecule has 0 radical (unpaired) electrons. The van der Waals surface area contributed by atoms with E-state index >= 15 is 0 Å². The summed E-state index contributed by atoms with van der Waals surface area (Å²) in [5.41, 5.74) is 1.67. The van der Waals surface area contributed by atoms with Gasteiger partial charge < -0.3 is 28.8 Å². The van der Waals surface area contributed by atoms with Gasteiger partial charge in [0.15, 0.2) is 0 Å². The van der Waals surface area contributed by atoms with Crippen molar-refractivity contribution >= 4 is 16.3 Å². The number of hydrogen-bond acceptors (Lipinski definition) is 9. The van der Waals surface area contributed by atoms with Gasteiger partial charge in [-0.1, -0.05) is 78.9 Å². The highest BCUT2D eigenvalue weighted by atomic mass is 32.3. The Hall–Kier alpha value is -3.32. The van der Waals surface area contributed by atoms with Crippen molar-refractivity contribution in [1.82, 2.24) is 5.32 Å². The molecule has 0 bridgehead atoms. The molecule has 0 aliphatic carbocycles. The van der Waals surface area contributed by atoms with Crippen LogP contribution in [0.5, 0.6) is 5.75 Å². The number of para-hydroxylation sites is 1. The second-order valence-corrected chi connectivity index (χ2v) is 9.94. The van der Waals surface area contributed by atoms with Crippen LogP contribution in [-0.4, -0.2) is 56.1 Å². The summed E-state index contributed by atoms with van der Waals surface area (Å²) in [6, 6.07) is 26.2. The summed E-state index contributed by atoms with van der Waals surface area (Å²) >= 11 is 0. The molecule has 1 heterocycles. The molecule has 1 fully saturated rings. The molecule has 1 saturated heterocycles. The molecule has 10 nitrogen and oxygen atoms in total. The van der Waals surface area contributed by atoms with E-state index in [0.29, 0.717) is 5.75 Å². The monoisotopic (exact) mass is 556 g/mol. The molecule has 1 aliphatic heterocycles. The SMILES string of the molecule is CC(=O)NC1[C@H](Oc2ccccc2)OC(COCc2ccccc2)[C@H](OS(=O)(=O)[O-])[C@@H]1OCc1ccccc1. The van der Waals surface area contributed by atoms with Crippen LogP contribution < -0.4 is 10.1 Å². The summed E-state index contributed by atoms with van der Waals surface area (Å²) in [5, 5.41) is 2.73. The van der Waals surface area contributed by atoms with Crippen LogP contribution >= 0.6 is 0 Å². The van der Waals surface area contributed by atoms with Crippen LogP contribution in [0.4, 0.5) is 0 Å². The lowest BCUT2D eigenvalue weighted by atomic mass is 9.96. The quantitative estimate of drug-likeness (QED) is 0.264. The maximum absolute atomic E-state index is 12.2. The van der Waals surface area contributed by atoms with Crippen molar-refractivity contribution in [3.63, 3.8) is 0 Å². The molecule has 0 spiro atoms. The molecular formula is C28H30NO9S-. The fourth-order valence-electron chi connectivity index (χ4n) is 4.24. The minimum Gasteiger partial charge on any atom is -0.726 e.